The molecule has 0 fully saturated rings. The molecule has 0 bridgehead atoms. The van der Waals surface area contributed by atoms with Crippen molar-refractivity contribution in [3.05, 3.63) is 182 Å². The topological polar surface area (TPSA) is 44.5 Å². The summed E-state index contributed by atoms with van der Waals surface area (Å²) in [4.78, 5) is 10.6. The second-order valence-corrected chi connectivity index (χ2v) is 14.7. The second-order valence-electron chi connectivity index (χ2n) is 14.7. The Morgan fingerprint density at radius 3 is 0.964 bits per heavy atom. The fourth-order valence-electron chi connectivity index (χ4n) is 9.39. The van der Waals surface area contributed by atoms with Gasteiger partial charge in [0.15, 0.2) is 11.3 Å². The average Bonchev–Trinajstić information content (AvgIpc) is 4.01. The number of aromatic nitrogens is 6. The lowest BCUT2D eigenvalue weighted by molar-refractivity contribution is 1.18. The Morgan fingerprint density at radius 1 is 0.268 bits per heavy atom. The first kappa shape index (κ1) is 29.7. The molecule has 6 heteroatoms. The summed E-state index contributed by atoms with van der Waals surface area (Å²) < 4.78 is 9.44. The summed E-state index contributed by atoms with van der Waals surface area (Å²) in [6, 6.07) is 65.6. The van der Waals surface area contributed by atoms with Crippen molar-refractivity contribution in [3.63, 3.8) is 0 Å². The van der Waals surface area contributed by atoms with Gasteiger partial charge in [-0.1, -0.05) is 97.1 Å². The molecule has 0 aliphatic rings. The molecule has 0 amide bonds. The summed E-state index contributed by atoms with van der Waals surface area (Å²) in [6.45, 7) is 0. The highest BCUT2D eigenvalue weighted by atomic mass is 15.1. The van der Waals surface area contributed by atoms with Gasteiger partial charge in [0, 0.05) is 43.7 Å². The van der Waals surface area contributed by atoms with Gasteiger partial charge in [0.1, 0.15) is 0 Å². The van der Waals surface area contributed by atoms with Crippen molar-refractivity contribution in [2.24, 2.45) is 0 Å². The van der Waals surface area contributed by atoms with Gasteiger partial charge in [-0.05, 0) is 84.9 Å². The maximum absolute atomic E-state index is 5.31. The van der Waals surface area contributed by atoms with Gasteiger partial charge < -0.3 is 9.13 Å². The van der Waals surface area contributed by atoms with E-state index in [1.54, 1.807) is 0 Å². The third-order valence-corrected chi connectivity index (χ3v) is 11.7. The first-order valence-electron chi connectivity index (χ1n) is 19.0. The first-order valence-corrected chi connectivity index (χ1v) is 19.0. The van der Waals surface area contributed by atoms with Crippen molar-refractivity contribution in [2.45, 2.75) is 0 Å². The van der Waals surface area contributed by atoms with Crippen molar-refractivity contribution in [1.29, 1.82) is 0 Å². The van der Waals surface area contributed by atoms with E-state index in [4.69, 9.17) is 9.97 Å². The lowest BCUT2D eigenvalue weighted by Crippen LogP contribution is -1.99. The zero-order valence-electron chi connectivity index (χ0n) is 30.0. The highest BCUT2D eigenvalue weighted by molar-refractivity contribution is 6.13. The summed E-state index contributed by atoms with van der Waals surface area (Å²) in [7, 11) is 0. The van der Waals surface area contributed by atoms with Crippen molar-refractivity contribution < 1.29 is 0 Å². The zero-order chi connectivity index (χ0) is 36.5. The number of rotatable bonds is 2. The highest BCUT2D eigenvalue weighted by Crippen LogP contribution is 2.38. The lowest BCUT2D eigenvalue weighted by atomic mass is 10.1. The standard InChI is InChI=1S/C50H30N6/c1-7-19-41-33(13-1)34-14-2-8-20-42(34)53(41)31-25-27-45-37(29-31)38-30-32(54-43-21-9-3-15-35(43)36-16-4-10-22-44(36)54)26-28-46(38)56-48-24-12-6-18-40(48)52-50(56)49-51-39-17-5-11-23-47(39)55(45)49/h1-30H. The van der Waals surface area contributed by atoms with E-state index in [9.17, 15) is 0 Å². The van der Waals surface area contributed by atoms with Gasteiger partial charge in [-0.15, -0.1) is 0 Å². The molecule has 5 heterocycles. The van der Waals surface area contributed by atoms with E-state index in [1.807, 2.05) is 0 Å². The highest BCUT2D eigenvalue weighted by Gasteiger charge is 2.20. The Balaban J connectivity index is 1.28. The Hall–Kier alpha value is -7.70. The molecule has 0 saturated carbocycles. The number of fused-ring (bicyclic) bond motifs is 18. The molecule has 0 N–H and O–H groups in total. The molecule has 8 aromatic carbocycles. The molecule has 13 rings (SSSR count). The van der Waals surface area contributed by atoms with E-state index in [-0.39, 0.29) is 0 Å². The average molecular weight is 715 g/mol. The fraction of sp³-hybridized carbons (Fsp3) is 0. The molecule has 0 aliphatic carbocycles. The molecule has 0 saturated heterocycles. The molecule has 260 valence electrons. The van der Waals surface area contributed by atoms with Gasteiger partial charge in [0.25, 0.3) is 0 Å². The molecule has 0 aliphatic heterocycles. The number of nitrogens with zero attached hydrogens (tertiary/aromatic N) is 6. The van der Waals surface area contributed by atoms with E-state index in [2.05, 4.69) is 200 Å². The SMILES string of the molecule is c1ccc2c(c1)nc1c3nc4ccccc4n3c3ccc(-n4c5ccccc5c5ccccc54)cc3c3cc(-n4c5ccccc5c5ccccc54)ccc3n21. The van der Waals surface area contributed by atoms with E-state index < -0.39 is 0 Å². The molecule has 13 aromatic rings. The van der Waals surface area contributed by atoms with Gasteiger partial charge in [0.05, 0.1) is 55.2 Å². The molecule has 56 heavy (non-hydrogen) atoms. The third kappa shape index (κ3) is 3.89. The first-order chi connectivity index (χ1) is 27.8. The van der Waals surface area contributed by atoms with Crippen LogP contribution >= 0.6 is 0 Å². The third-order valence-electron chi connectivity index (χ3n) is 11.7. The molecule has 0 atom stereocenters. The normalized spacial score (nSPS) is 12.3. The summed E-state index contributed by atoms with van der Waals surface area (Å²) in [6.07, 6.45) is 0. The molecular weight excluding hydrogens is 685 g/mol. The number of hydrogen-bond donors (Lipinski definition) is 0. The van der Waals surface area contributed by atoms with Crippen LogP contribution in [0, 0.1) is 0 Å². The molecule has 5 aromatic heterocycles. The van der Waals surface area contributed by atoms with Crippen LogP contribution in [0.1, 0.15) is 0 Å². The van der Waals surface area contributed by atoms with E-state index in [0.29, 0.717) is 0 Å². The maximum atomic E-state index is 5.31. The van der Waals surface area contributed by atoms with Crippen molar-refractivity contribution in [3.8, 4) is 11.4 Å². The molecular formula is C50H30N6. The minimum atomic E-state index is 0.811. The predicted molar refractivity (Wildman–Crippen MR) is 231 cm³/mol. The van der Waals surface area contributed by atoms with Crippen LogP contribution in [0.4, 0.5) is 0 Å². The Morgan fingerprint density at radius 2 is 0.589 bits per heavy atom. The van der Waals surface area contributed by atoms with Crippen LogP contribution in [0.25, 0.3) is 110 Å². The minimum Gasteiger partial charge on any atom is -0.309 e. The molecule has 0 unspecified atom stereocenters. The molecule has 0 radical (unpaired) electrons. The number of imidazole rings is 2. The van der Waals surface area contributed by atoms with Gasteiger partial charge in [-0.2, -0.15) is 0 Å². The molecule has 6 nitrogen and oxygen atoms in total. The van der Waals surface area contributed by atoms with Crippen LogP contribution in [0.3, 0.4) is 0 Å². The fourth-order valence-corrected chi connectivity index (χ4v) is 9.39. The molecule has 0 spiro atoms. The second kappa shape index (κ2) is 10.9. The summed E-state index contributed by atoms with van der Waals surface area (Å²) in [5, 5.41) is 7.16. The van der Waals surface area contributed by atoms with Crippen LogP contribution in [-0.4, -0.2) is 27.9 Å². The van der Waals surface area contributed by atoms with Crippen LogP contribution in [0.2, 0.25) is 0 Å². The van der Waals surface area contributed by atoms with Gasteiger partial charge in [-0.3, -0.25) is 8.80 Å². The van der Waals surface area contributed by atoms with Gasteiger partial charge >= 0.3 is 0 Å². The number of hydrogen-bond acceptors (Lipinski definition) is 2. The largest absolute Gasteiger partial charge is 0.309 e. The van der Waals surface area contributed by atoms with E-state index in [1.165, 1.54) is 43.6 Å². The van der Waals surface area contributed by atoms with Gasteiger partial charge in [0.2, 0.25) is 0 Å². The monoisotopic (exact) mass is 714 g/mol. The summed E-state index contributed by atoms with van der Waals surface area (Å²) in [5.41, 5.74) is 14.5. The quantitative estimate of drug-likeness (QED) is 0.179. The van der Waals surface area contributed by atoms with Crippen molar-refractivity contribution >= 4 is 98.8 Å². The summed E-state index contributed by atoms with van der Waals surface area (Å²) in [5.74, 6) is 0. The van der Waals surface area contributed by atoms with Crippen molar-refractivity contribution in [2.75, 3.05) is 0 Å². The van der Waals surface area contributed by atoms with Crippen LogP contribution in [0.5, 0.6) is 0 Å². The zero-order valence-corrected chi connectivity index (χ0v) is 30.0. The van der Waals surface area contributed by atoms with Crippen LogP contribution in [-0.2, 0) is 0 Å². The Kier molecular flexibility index (Phi) is 5.80. The maximum Gasteiger partial charge on any atom is 0.182 e. The number of benzene rings is 8. The van der Waals surface area contributed by atoms with Gasteiger partial charge in [-0.25, -0.2) is 9.97 Å². The Labute approximate surface area is 319 Å². The van der Waals surface area contributed by atoms with E-state index in [0.717, 1.165) is 66.5 Å². The predicted octanol–water partition coefficient (Wildman–Crippen LogP) is 12.4. The smallest absolute Gasteiger partial charge is 0.182 e. The van der Waals surface area contributed by atoms with Crippen LogP contribution < -0.4 is 0 Å². The minimum absolute atomic E-state index is 0.811. The lowest BCUT2D eigenvalue weighted by Gasteiger charge is -2.14. The van der Waals surface area contributed by atoms with E-state index >= 15 is 0 Å². The number of para-hydroxylation sites is 8. The van der Waals surface area contributed by atoms with Crippen LogP contribution in [0.15, 0.2) is 182 Å². The Bertz CT molecular complexity index is 3480. The summed E-state index contributed by atoms with van der Waals surface area (Å²) >= 11 is 0. The van der Waals surface area contributed by atoms with Crippen molar-refractivity contribution in [1.82, 2.24) is 27.9 Å².